The number of hydrogen-bond donors (Lipinski definition) is 0. The number of rotatable bonds is 0. The van der Waals surface area contributed by atoms with Crippen LogP contribution in [-0.4, -0.2) is 11.9 Å². The molecule has 2 rings (SSSR count). The molecule has 0 amide bonds. The van der Waals surface area contributed by atoms with Crippen molar-refractivity contribution >= 4 is 40.7 Å². The van der Waals surface area contributed by atoms with Crippen LogP contribution in [0.3, 0.4) is 0 Å². The largest absolute Gasteiger partial charge is 0.359 e. The summed E-state index contributed by atoms with van der Waals surface area (Å²) in [5, 5.41) is 0. The van der Waals surface area contributed by atoms with Crippen LogP contribution in [0.25, 0.3) is 0 Å². The zero-order chi connectivity index (χ0) is 10.5. The fraction of sp³-hybridized carbons (Fsp3) is 0.556. The average molecular weight is 246 g/mol. The Morgan fingerprint density at radius 3 is 2.71 bits per heavy atom. The van der Waals surface area contributed by atoms with E-state index in [1.165, 1.54) is 22.7 Å². The topological polar surface area (TPSA) is 26.3 Å². The van der Waals surface area contributed by atoms with Crippen LogP contribution in [0.15, 0.2) is 0 Å². The summed E-state index contributed by atoms with van der Waals surface area (Å²) in [5.41, 5.74) is -0.374. The van der Waals surface area contributed by atoms with Crippen molar-refractivity contribution in [3.8, 4) is 0 Å². The van der Waals surface area contributed by atoms with Crippen molar-refractivity contribution in [1.82, 2.24) is 0 Å². The van der Waals surface area contributed by atoms with E-state index in [0.29, 0.717) is 0 Å². The Bertz CT molecular complexity index is 441. The second kappa shape index (κ2) is 3.20. The van der Waals surface area contributed by atoms with Gasteiger partial charge in [0.1, 0.15) is 9.24 Å². The lowest BCUT2D eigenvalue weighted by atomic mass is 9.99. The molecular weight excluding hydrogens is 236 g/mol. The Morgan fingerprint density at radius 2 is 2.07 bits per heavy atom. The summed E-state index contributed by atoms with van der Waals surface area (Å²) in [6.07, 6.45) is -0.349. The van der Waals surface area contributed by atoms with E-state index in [4.69, 9.17) is 17.0 Å². The monoisotopic (exact) mass is 246 g/mol. The molecule has 0 bridgehead atoms. The van der Waals surface area contributed by atoms with E-state index < -0.39 is 0 Å². The predicted octanol–water partition coefficient (Wildman–Crippen LogP) is 3.38. The van der Waals surface area contributed by atoms with Crippen LogP contribution in [-0.2, 0) is 10.3 Å². The summed E-state index contributed by atoms with van der Waals surface area (Å²) in [4.78, 5) is 13.5. The van der Waals surface area contributed by atoms with Crippen LogP contribution in [0.2, 0.25) is 0 Å². The molecule has 5 heteroatoms. The number of carbonyl (C=O) groups is 1. The van der Waals surface area contributed by atoms with Gasteiger partial charge in [0.2, 0.25) is 5.78 Å². The van der Waals surface area contributed by atoms with E-state index >= 15 is 0 Å². The molecule has 0 N–H and O–H groups in total. The molecule has 0 fully saturated rings. The molecule has 0 spiro atoms. The van der Waals surface area contributed by atoms with E-state index in [0.717, 1.165) is 12.9 Å². The first-order valence-electron chi connectivity index (χ1n) is 4.28. The minimum atomic E-state index is -0.374. The summed E-state index contributed by atoms with van der Waals surface area (Å²) < 4.78 is 6.45. The number of Topliss-reactive ketones (excluding diaryl/α,β-unsaturated/α-hetero) is 1. The third kappa shape index (κ3) is 1.48. The van der Waals surface area contributed by atoms with Gasteiger partial charge in [0.25, 0.3) is 0 Å². The maximum atomic E-state index is 11.8. The third-order valence-corrected chi connectivity index (χ3v) is 5.16. The second-order valence-corrected chi connectivity index (χ2v) is 6.97. The molecule has 76 valence electrons. The van der Waals surface area contributed by atoms with E-state index in [9.17, 15) is 4.79 Å². The lowest BCUT2D eigenvalue weighted by molar-refractivity contribution is -0.0591. The first-order valence-corrected chi connectivity index (χ1v) is 6.32. The molecule has 1 aromatic rings. The standard InChI is InChI=1S/C9H10O2S3/c1-4-5(10)6-7(9(2,3)11-4)14-8(12)13-6/h4H,1-3H3. The van der Waals surface area contributed by atoms with Crippen LogP contribution in [0.1, 0.15) is 35.3 Å². The van der Waals surface area contributed by atoms with Gasteiger partial charge in [0, 0.05) is 0 Å². The van der Waals surface area contributed by atoms with E-state index in [1.807, 2.05) is 13.8 Å². The van der Waals surface area contributed by atoms with Gasteiger partial charge in [-0.05, 0) is 20.8 Å². The highest BCUT2D eigenvalue weighted by molar-refractivity contribution is 7.76. The van der Waals surface area contributed by atoms with E-state index in [-0.39, 0.29) is 17.5 Å². The highest BCUT2D eigenvalue weighted by atomic mass is 32.2. The molecule has 0 saturated carbocycles. The smallest absolute Gasteiger partial charge is 0.202 e. The van der Waals surface area contributed by atoms with Gasteiger partial charge in [-0.1, -0.05) is 12.2 Å². The lowest BCUT2D eigenvalue weighted by Gasteiger charge is -2.32. The van der Waals surface area contributed by atoms with Gasteiger partial charge in [-0.3, -0.25) is 4.79 Å². The van der Waals surface area contributed by atoms with Crippen LogP contribution in [0.5, 0.6) is 0 Å². The van der Waals surface area contributed by atoms with Crippen molar-refractivity contribution in [2.75, 3.05) is 0 Å². The summed E-state index contributed by atoms with van der Waals surface area (Å²) in [5.74, 6) is 0.0664. The van der Waals surface area contributed by atoms with Gasteiger partial charge in [-0.2, -0.15) is 0 Å². The Kier molecular flexibility index (Phi) is 2.38. The molecule has 14 heavy (non-hydrogen) atoms. The third-order valence-electron chi connectivity index (χ3n) is 2.19. The maximum Gasteiger partial charge on any atom is 0.202 e. The molecule has 0 radical (unpaired) electrons. The fourth-order valence-corrected chi connectivity index (χ4v) is 4.41. The van der Waals surface area contributed by atoms with Crippen molar-refractivity contribution in [3.05, 3.63) is 12.9 Å². The molecule has 0 aromatic carbocycles. The van der Waals surface area contributed by atoms with E-state index in [1.54, 1.807) is 6.92 Å². The van der Waals surface area contributed by atoms with Crippen molar-refractivity contribution in [3.63, 3.8) is 0 Å². The highest BCUT2D eigenvalue weighted by Gasteiger charge is 2.39. The Labute approximate surface area is 95.5 Å². The molecule has 1 aromatic heterocycles. The molecule has 2 nitrogen and oxygen atoms in total. The summed E-state index contributed by atoms with van der Waals surface area (Å²) >= 11 is 8.00. The maximum absolute atomic E-state index is 11.8. The quantitative estimate of drug-likeness (QED) is 0.656. The van der Waals surface area contributed by atoms with Crippen LogP contribution < -0.4 is 0 Å². The van der Waals surface area contributed by atoms with Crippen LogP contribution in [0.4, 0.5) is 0 Å². The second-order valence-electron chi connectivity index (χ2n) is 3.75. The summed E-state index contributed by atoms with van der Waals surface area (Å²) in [7, 11) is 0. The SMILES string of the molecule is CC1OC(C)(C)c2sc(=S)sc2C1=O. The van der Waals surface area contributed by atoms with Gasteiger partial charge in [-0.15, -0.1) is 22.7 Å². The average Bonchev–Trinajstić information content (AvgIpc) is 2.44. The molecule has 1 aliphatic heterocycles. The number of hydrogen-bond acceptors (Lipinski definition) is 5. The van der Waals surface area contributed by atoms with Crippen molar-refractivity contribution in [2.45, 2.75) is 32.5 Å². The predicted molar refractivity (Wildman–Crippen MR) is 60.9 cm³/mol. The number of carbonyl (C=O) groups excluding carboxylic acids is 1. The number of ether oxygens (including phenoxy) is 1. The summed E-state index contributed by atoms with van der Waals surface area (Å²) in [6.45, 7) is 5.75. The van der Waals surface area contributed by atoms with E-state index in [2.05, 4.69) is 0 Å². The number of ketones is 1. The Balaban J connectivity index is 2.67. The van der Waals surface area contributed by atoms with Gasteiger partial charge < -0.3 is 4.74 Å². The van der Waals surface area contributed by atoms with Crippen molar-refractivity contribution in [1.29, 1.82) is 0 Å². The number of fused-ring (bicyclic) bond motifs is 1. The minimum absolute atomic E-state index is 0.0664. The normalized spacial score (nSPS) is 24.8. The van der Waals surface area contributed by atoms with Crippen LogP contribution in [0, 0.1) is 3.14 Å². The minimum Gasteiger partial charge on any atom is -0.359 e. The highest BCUT2D eigenvalue weighted by Crippen LogP contribution is 2.41. The first-order chi connectivity index (χ1) is 6.42. The summed E-state index contributed by atoms with van der Waals surface area (Å²) in [6, 6.07) is 0. The Morgan fingerprint density at radius 1 is 1.43 bits per heavy atom. The molecule has 0 aliphatic carbocycles. The molecule has 1 atom stereocenters. The van der Waals surface area contributed by atoms with Crippen molar-refractivity contribution < 1.29 is 9.53 Å². The molecular formula is C9H10O2S3. The first kappa shape index (κ1) is 10.4. The zero-order valence-electron chi connectivity index (χ0n) is 8.12. The van der Waals surface area contributed by atoms with Gasteiger partial charge >= 0.3 is 0 Å². The Hall–Kier alpha value is -0.100. The molecule has 0 saturated heterocycles. The van der Waals surface area contributed by atoms with Gasteiger partial charge in [-0.25, -0.2) is 0 Å². The lowest BCUT2D eigenvalue weighted by Crippen LogP contribution is -2.37. The molecule has 1 unspecified atom stereocenters. The van der Waals surface area contributed by atoms with Gasteiger partial charge in [0.05, 0.1) is 15.4 Å². The molecule has 1 aliphatic rings. The zero-order valence-corrected chi connectivity index (χ0v) is 10.6. The fourth-order valence-electron chi connectivity index (χ4n) is 1.57. The molecule has 2 heterocycles. The van der Waals surface area contributed by atoms with Crippen LogP contribution >= 0.6 is 34.9 Å². The van der Waals surface area contributed by atoms with Gasteiger partial charge in [0.15, 0.2) is 0 Å². The van der Waals surface area contributed by atoms with Crippen molar-refractivity contribution in [2.24, 2.45) is 0 Å².